The third-order valence-electron chi connectivity index (χ3n) is 3.02. The van der Waals surface area contributed by atoms with Gasteiger partial charge in [-0.2, -0.15) is 24.7 Å². The molecule has 1 aliphatic rings. The largest absolute Gasteiger partial charge is 0.379 e. The first-order chi connectivity index (χ1) is 9.24. The molecule has 1 fully saturated rings. The molecule has 3 heterocycles. The summed E-state index contributed by atoms with van der Waals surface area (Å²) < 4.78 is 6.81. The van der Waals surface area contributed by atoms with Crippen LogP contribution in [0, 0.1) is 0 Å². The Labute approximate surface area is 109 Å². The number of ether oxygens (including phenoxy) is 1. The number of nitrogen functional groups attached to an aromatic ring is 1. The third-order valence-corrected chi connectivity index (χ3v) is 3.02. The topological polar surface area (TPSA) is 108 Å². The zero-order chi connectivity index (χ0) is 13.2. The number of hydrogen-bond acceptors (Lipinski definition) is 8. The summed E-state index contributed by atoms with van der Waals surface area (Å²) in [5, 5.41) is 3.98. The van der Waals surface area contributed by atoms with Crippen molar-refractivity contribution >= 4 is 11.9 Å². The molecule has 100 valence electrons. The lowest BCUT2D eigenvalue weighted by atomic mass is 10.2. The van der Waals surface area contributed by atoms with Gasteiger partial charge in [0.2, 0.25) is 11.9 Å². The Morgan fingerprint density at radius 2 is 2.32 bits per heavy atom. The first-order valence-corrected chi connectivity index (χ1v) is 5.91. The lowest BCUT2D eigenvalue weighted by Crippen LogP contribution is -2.33. The van der Waals surface area contributed by atoms with Crippen LogP contribution in [-0.4, -0.2) is 56.0 Å². The second-order valence-corrected chi connectivity index (χ2v) is 4.26. The minimum absolute atomic E-state index is 0.154. The molecule has 0 aliphatic carbocycles. The van der Waals surface area contributed by atoms with E-state index in [9.17, 15) is 0 Å². The first-order valence-electron chi connectivity index (χ1n) is 5.91. The molecule has 9 heteroatoms. The van der Waals surface area contributed by atoms with Crippen molar-refractivity contribution in [2.24, 2.45) is 0 Å². The van der Waals surface area contributed by atoms with Crippen LogP contribution in [0.25, 0.3) is 5.95 Å². The van der Waals surface area contributed by atoms with Crippen LogP contribution in [0.4, 0.5) is 11.9 Å². The molecule has 0 bridgehead atoms. The maximum Gasteiger partial charge on any atom is 0.258 e. The zero-order valence-electron chi connectivity index (χ0n) is 10.5. The van der Waals surface area contributed by atoms with Gasteiger partial charge in [0.1, 0.15) is 12.7 Å². The lowest BCUT2D eigenvalue weighted by molar-refractivity contribution is 0.193. The van der Waals surface area contributed by atoms with Crippen LogP contribution in [0.5, 0.6) is 0 Å². The fraction of sp³-hybridized carbons (Fsp3) is 0.500. The molecule has 2 N–H and O–H groups in total. The summed E-state index contributed by atoms with van der Waals surface area (Å²) >= 11 is 0. The van der Waals surface area contributed by atoms with Gasteiger partial charge in [0.25, 0.3) is 5.95 Å². The lowest BCUT2D eigenvalue weighted by Gasteiger charge is -2.23. The van der Waals surface area contributed by atoms with Gasteiger partial charge in [0, 0.05) is 13.7 Å². The summed E-state index contributed by atoms with van der Waals surface area (Å²) in [6.45, 7) is 1.42. The van der Waals surface area contributed by atoms with Crippen molar-refractivity contribution in [3.8, 4) is 5.95 Å². The predicted octanol–water partition coefficient (Wildman–Crippen LogP) is -0.740. The molecule has 2 aromatic rings. The summed E-state index contributed by atoms with van der Waals surface area (Å²) in [5.41, 5.74) is 5.72. The quantitative estimate of drug-likeness (QED) is 0.770. The molecule has 1 atom stereocenters. The Balaban J connectivity index is 1.93. The first kappa shape index (κ1) is 11.8. The Bertz CT molecular complexity index is 551. The molecular formula is C10H14N8O. The van der Waals surface area contributed by atoms with Crippen LogP contribution in [0.2, 0.25) is 0 Å². The van der Waals surface area contributed by atoms with Gasteiger partial charge >= 0.3 is 0 Å². The second-order valence-electron chi connectivity index (χ2n) is 4.26. The highest BCUT2D eigenvalue weighted by atomic mass is 16.5. The average Bonchev–Trinajstić information content (AvgIpc) is 3.10. The SMILES string of the molecule is CN(c1nc(N)nc(-n2cncn2)n1)C1CCOC1. The van der Waals surface area contributed by atoms with Gasteiger partial charge in [0.15, 0.2) is 0 Å². The highest BCUT2D eigenvalue weighted by Crippen LogP contribution is 2.17. The second kappa shape index (κ2) is 4.76. The van der Waals surface area contributed by atoms with E-state index in [1.807, 2.05) is 11.9 Å². The van der Waals surface area contributed by atoms with Crippen LogP contribution < -0.4 is 10.6 Å². The van der Waals surface area contributed by atoms with Gasteiger partial charge in [0.05, 0.1) is 12.6 Å². The van der Waals surface area contributed by atoms with Crippen LogP contribution in [0.1, 0.15) is 6.42 Å². The van der Waals surface area contributed by atoms with Gasteiger partial charge < -0.3 is 15.4 Å². The van der Waals surface area contributed by atoms with Crippen LogP contribution in [0.3, 0.4) is 0 Å². The molecule has 0 aromatic carbocycles. The van der Waals surface area contributed by atoms with Crippen molar-refractivity contribution in [2.45, 2.75) is 12.5 Å². The number of nitrogens with two attached hydrogens (primary N) is 1. The molecule has 9 nitrogen and oxygen atoms in total. The Morgan fingerprint density at radius 3 is 3.00 bits per heavy atom. The van der Waals surface area contributed by atoms with Gasteiger partial charge in [-0.25, -0.2) is 4.98 Å². The molecule has 2 aromatic heterocycles. The number of nitrogens with zero attached hydrogens (tertiary/aromatic N) is 7. The maximum absolute atomic E-state index is 5.72. The zero-order valence-corrected chi connectivity index (χ0v) is 10.5. The summed E-state index contributed by atoms with van der Waals surface area (Å²) in [6, 6.07) is 0.255. The van der Waals surface area contributed by atoms with Gasteiger partial charge in [-0.05, 0) is 6.42 Å². The van der Waals surface area contributed by atoms with Crippen molar-refractivity contribution in [2.75, 3.05) is 30.9 Å². The van der Waals surface area contributed by atoms with Crippen molar-refractivity contribution in [1.29, 1.82) is 0 Å². The third kappa shape index (κ3) is 2.32. The van der Waals surface area contributed by atoms with Gasteiger partial charge in [-0.3, -0.25) is 0 Å². The normalized spacial score (nSPS) is 18.7. The average molecular weight is 262 g/mol. The van der Waals surface area contributed by atoms with E-state index in [0.29, 0.717) is 18.5 Å². The number of anilines is 2. The minimum Gasteiger partial charge on any atom is -0.379 e. The number of hydrogen-bond donors (Lipinski definition) is 1. The highest BCUT2D eigenvalue weighted by Gasteiger charge is 2.23. The molecule has 1 unspecified atom stereocenters. The molecular weight excluding hydrogens is 248 g/mol. The molecule has 0 spiro atoms. The van der Waals surface area contributed by atoms with Crippen molar-refractivity contribution in [1.82, 2.24) is 29.7 Å². The van der Waals surface area contributed by atoms with Gasteiger partial charge in [-0.1, -0.05) is 0 Å². The van der Waals surface area contributed by atoms with E-state index in [1.54, 1.807) is 0 Å². The fourth-order valence-electron chi connectivity index (χ4n) is 1.93. The van der Waals surface area contributed by atoms with E-state index in [0.717, 1.165) is 13.0 Å². The smallest absolute Gasteiger partial charge is 0.258 e. The Morgan fingerprint density at radius 1 is 1.42 bits per heavy atom. The Hall–Kier alpha value is -2.29. The molecule has 0 radical (unpaired) electrons. The van der Waals surface area contributed by atoms with E-state index in [2.05, 4.69) is 25.0 Å². The molecule has 1 saturated heterocycles. The van der Waals surface area contributed by atoms with Crippen LogP contribution >= 0.6 is 0 Å². The van der Waals surface area contributed by atoms with E-state index in [-0.39, 0.29) is 12.0 Å². The molecule has 19 heavy (non-hydrogen) atoms. The maximum atomic E-state index is 5.72. The minimum atomic E-state index is 0.154. The fourth-order valence-corrected chi connectivity index (χ4v) is 1.93. The highest BCUT2D eigenvalue weighted by molar-refractivity contribution is 5.38. The molecule has 1 aliphatic heterocycles. The number of rotatable bonds is 3. The standard InChI is InChI=1S/C10H14N8O/c1-17(7-2-3-19-4-7)9-14-8(11)15-10(16-9)18-6-12-5-13-18/h5-7H,2-4H2,1H3,(H2,11,14,15,16). The molecule has 3 rings (SSSR count). The van der Waals surface area contributed by atoms with Crippen molar-refractivity contribution in [3.05, 3.63) is 12.7 Å². The summed E-state index contributed by atoms with van der Waals surface area (Å²) in [7, 11) is 1.92. The van der Waals surface area contributed by atoms with Crippen LogP contribution in [0.15, 0.2) is 12.7 Å². The molecule has 0 saturated carbocycles. The van der Waals surface area contributed by atoms with E-state index in [1.165, 1.54) is 17.3 Å². The van der Waals surface area contributed by atoms with Gasteiger partial charge in [-0.15, -0.1) is 0 Å². The number of likely N-dealkylation sites (N-methyl/N-ethyl adjacent to an activating group) is 1. The predicted molar refractivity (Wildman–Crippen MR) is 66.8 cm³/mol. The Kier molecular flexibility index (Phi) is 2.95. The number of aromatic nitrogens is 6. The monoisotopic (exact) mass is 262 g/mol. The summed E-state index contributed by atoms with van der Waals surface area (Å²) in [5.74, 6) is 1.01. The van der Waals surface area contributed by atoms with E-state index < -0.39 is 0 Å². The van der Waals surface area contributed by atoms with E-state index in [4.69, 9.17) is 10.5 Å². The summed E-state index contributed by atoms with van der Waals surface area (Å²) in [6.07, 6.45) is 3.87. The summed E-state index contributed by atoms with van der Waals surface area (Å²) in [4.78, 5) is 18.4. The van der Waals surface area contributed by atoms with Crippen molar-refractivity contribution in [3.63, 3.8) is 0 Å². The van der Waals surface area contributed by atoms with Crippen LogP contribution in [-0.2, 0) is 4.74 Å². The molecule has 0 amide bonds. The van der Waals surface area contributed by atoms with E-state index >= 15 is 0 Å². The van der Waals surface area contributed by atoms with Crippen molar-refractivity contribution < 1.29 is 4.74 Å².